The molecule has 1 saturated carbocycles. The fraction of sp³-hybridized carbons (Fsp3) is 0.923. The number of amides is 1. The summed E-state index contributed by atoms with van der Waals surface area (Å²) in [5, 5.41) is 6.42. The average Bonchev–Trinajstić information content (AvgIpc) is 2.81. The molecule has 4 heteroatoms. The van der Waals surface area contributed by atoms with Crippen molar-refractivity contribution in [3.8, 4) is 0 Å². The molecule has 2 N–H and O–H groups in total. The number of carbonyl (C=O) groups is 1. The third kappa shape index (κ3) is 4.28. The predicted molar refractivity (Wildman–Crippen MR) is 66.8 cm³/mol. The van der Waals surface area contributed by atoms with E-state index in [0.717, 1.165) is 32.2 Å². The van der Waals surface area contributed by atoms with Crippen LogP contribution in [0.2, 0.25) is 0 Å². The number of hydrogen-bond acceptors (Lipinski definition) is 3. The van der Waals surface area contributed by atoms with Gasteiger partial charge in [0, 0.05) is 18.6 Å². The SMILES string of the molecule is CC1CCC(OCC(=O)NC2CCCC2)CN1. The highest BCUT2D eigenvalue weighted by molar-refractivity contribution is 5.77. The molecule has 1 aliphatic heterocycles. The summed E-state index contributed by atoms with van der Waals surface area (Å²) in [5.41, 5.74) is 0. The molecule has 0 aromatic rings. The molecule has 0 bridgehead atoms. The van der Waals surface area contributed by atoms with E-state index in [1.54, 1.807) is 0 Å². The van der Waals surface area contributed by atoms with E-state index in [-0.39, 0.29) is 18.6 Å². The van der Waals surface area contributed by atoms with Gasteiger partial charge in [-0.1, -0.05) is 12.8 Å². The molecule has 1 amide bonds. The zero-order chi connectivity index (χ0) is 12.1. The Morgan fingerprint density at radius 3 is 2.71 bits per heavy atom. The van der Waals surface area contributed by atoms with Gasteiger partial charge in [0.25, 0.3) is 0 Å². The van der Waals surface area contributed by atoms with Crippen molar-refractivity contribution in [1.82, 2.24) is 10.6 Å². The zero-order valence-electron chi connectivity index (χ0n) is 10.7. The van der Waals surface area contributed by atoms with Crippen molar-refractivity contribution in [2.24, 2.45) is 0 Å². The van der Waals surface area contributed by atoms with Crippen LogP contribution < -0.4 is 10.6 Å². The second kappa shape index (κ2) is 6.36. The molecule has 1 heterocycles. The van der Waals surface area contributed by atoms with Crippen LogP contribution in [0.25, 0.3) is 0 Å². The minimum absolute atomic E-state index is 0.0514. The van der Waals surface area contributed by atoms with E-state index in [9.17, 15) is 4.79 Å². The topological polar surface area (TPSA) is 50.4 Å². The lowest BCUT2D eigenvalue weighted by Gasteiger charge is -2.27. The Morgan fingerprint density at radius 1 is 1.29 bits per heavy atom. The van der Waals surface area contributed by atoms with Crippen LogP contribution in [0.5, 0.6) is 0 Å². The molecule has 2 atom stereocenters. The number of piperidine rings is 1. The average molecular weight is 240 g/mol. The Labute approximate surface area is 103 Å². The summed E-state index contributed by atoms with van der Waals surface area (Å²) in [6.07, 6.45) is 7.16. The second-order valence-electron chi connectivity index (χ2n) is 5.37. The third-order valence-electron chi connectivity index (χ3n) is 3.79. The number of hydrogen-bond donors (Lipinski definition) is 2. The van der Waals surface area contributed by atoms with Gasteiger partial charge in [-0.15, -0.1) is 0 Å². The maximum Gasteiger partial charge on any atom is 0.246 e. The highest BCUT2D eigenvalue weighted by atomic mass is 16.5. The van der Waals surface area contributed by atoms with E-state index in [4.69, 9.17) is 4.74 Å². The fourth-order valence-electron chi connectivity index (χ4n) is 2.65. The Balaban J connectivity index is 1.59. The van der Waals surface area contributed by atoms with Crippen molar-refractivity contribution in [3.05, 3.63) is 0 Å². The first-order valence-corrected chi connectivity index (χ1v) is 6.88. The van der Waals surface area contributed by atoms with Crippen molar-refractivity contribution in [2.75, 3.05) is 13.2 Å². The largest absolute Gasteiger partial charge is 0.367 e. The summed E-state index contributed by atoms with van der Waals surface area (Å²) in [7, 11) is 0. The van der Waals surface area contributed by atoms with Crippen molar-refractivity contribution in [2.45, 2.75) is 63.6 Å². The Bertz CT molecular complexity index is 244. The minimum Gasteiger partial charge on any atom is -0.367 e. The van der Waals surface area contributed by atoms with Gasteiger partial charge in [-0.05, 0) is 32.6 Å². The molecule has 0 aromatic carbocycles. The van der Waals surface area contributed by atoms with Crippen LogP contribution in [0.4, 0.5) is 0 Å². The quantitative estimate of drug-likeness (QED) is 0.776. The minimum atomic E-state index is 0.0514. The molecule has 2 rings (SSSR count). The lowest BCUT2D eigenvalue weighted by Crippen LogP contribution is -2.43. The molecule has 1 saturated heterocycles. The van der Waals surface area contributed by atoms with Crippen LogP contribution >= 0.6 is 0 Å². The second-order valence-corrected chi connectivity index (χ2v) is 5.37. The van der Waals surface area contributed by atoms with Crippen LogP contribution in [-0.4, -0.2) is 37.2 Å². The van der Waals surface area contributed by atoms with Crippen LogP contribution in [0.15, 0.2) is 0 Å². The van der Waals surface area contributed by atoms with Gasteiger partial charge in [-0.2, -0.15) is 0 Å². The molecule has 1 aliphatic carbocycles. The molecule has 4 nitrogen and oxygen atoms in total. The van der Waals surface area contributed by atoms with E-state index in [1.807, 2.05) is 0 Å². The van der Waals surface area contributed by atoms with Gasteiger partial charge >= 0.3 is 0 Å². The molecule has 17 heavy (non-hydrogen) atoms. The van der Waals surface area contributed by atoms with E-state index < -0.39 is 0 Å². The molecule has 0 radical (unpaired) electrons. The smallest absolute Gasteiger partial charge is 0.246 e. The molecule has 2 aliphatic rings. The van der Waals surface area contributed by atoms with Gasteiger partial charge in [0.15, 0.2) is 0 Å². The first kappa shape index (κ1) is 12.8. The lowest BCUT2D eigenvalue weighted by atomic mass is 10.0. The van der Waals surface area contributed by atoms with Gasteiger partial charge in [0.1, 0.15) is 6.61 Å². The van der Waals surface area contributed by atoms with Crippen molar-refractivity contribution in [1.29, 1.82) is 0 Å². The van der Waals surface area contributed by atoms with Crippen LogP contribution in [-0.2, 0) is 9.53 Å². The van der Waals surface area contributed by atoms with Crippen molar-refractivity contribution < 1.29 is 9.53 Å². The van der Waals surface area contributed by atoms with E-state index >= 15 is 0 Å². The lowest BCUT2D eigenvalue weighted by molar-refractivity contribution is -0.128. The number of nitrogens with one attached hydrogen (secondary N) is 2. The molecular weight excluding hydrogens is 216 g/mol. The monoisotopic (exact) mass is 240 g/mol. The Kier molecular flexibility index (Phi) is 4.80. The number of ether oxygens (including phenoxy) is 1. The third-order valence-corrected chi connectivity index (χ3v) is 3.79. The van der Waals surface area contributed by atoms with Gasteiger partial charge in [-0.3, -0.25) is 4.79 Å². The summed E-state index contributed by atoms with van der Waals surface area (Å²) in [5.74, 6) is 0.0514. The molecule has 0 aromatic heterocycles. The molecule has 0 spiro atoms. The maximum absolute atomic E-state index is 11.6. The van der Waals surface area contributed by atoms with Gasteiger partial charge in [0.05, 0.1) is 6.10 Å². The molecule has 2 unspecified atom stereocenters. The van der Waals surface area contributed by atoms with Crippen LogP contribution in [0, 0.1) is 0 Å². The predicted octanol–water partition coefficient (Wildman–Crippen LogP) is 1.20. The first-order chi connectivity index (χ1) is 8.24. The van der Waals surface area contributed by atoms with Crippen molar-refractivity contribution in [3.63, 3.8) is 0 Å². The molecule has 2 fully saturated rings. The van der Waals surface area contributed by atoms with Gasteiger partial charge in [0.2, 0.25) is 5.91 Å². The van der Waals surface area contributed by atoms with E-state index in [0.29, 0.717) is 12.1 Å². The van der Waals surface area contributed by atoms with E-state index in [1.165, 1.54) is 12.8 Å². The van der Waals surface area contributed by atoms with Gasteiger partial charge < -0.3 is 15.4 Å². The summed E-state index contributed by atoms with van der Waals surface area (Å²) >= 11 is 0. The zero-order valence-corrected chi connectivity index (χ0v) is 10.7. The normalized spacial score (nSPS) is 30.4. The highest BCUT2D eigenvalue weighted by Gasteiger charge is 2.20. The standard InChI is InChI=1S/C13H24N2O2/c1-10-6-7-12(8-14-10)17-9-13(16)15-11-4-2-3-5-11/h10-12,14H,2-9H2,1H3,(H,15,16). The summed E-state index contributed by atoms with van der Waals surface area (Å²) in [6.45, 7) is 3.28. The summed E-state index contributed by atoms with van der Waals surface area (Å²) in [6, 6.07) is 0.984. The maximum atomic E-state index is 11.6. The van der Waals surface area contributed by atoms with Crippen LogP contribution in [0.1, 0.15) is 45.4 Å². The summed E-state index contributed by atoms with van der Waals surface area (Å²) < 4.78 is 5.63. The number of rotatable bonds is 4. The van der Waals surface area contributed by atoms with Crippen LogP contribution in [0.3, 0.4) is 0 Å². The van der Waals surface area contributed by atoms with E-state index in [2.05, 4.69) is 17.6 Å². The Hall–Kier alpha value is -0.610. The van der Waals surface area contributed by atoms with Gasteiger partial charge in [-0.25, -0.2) is 0 Å². The van der Waals surface area contributed by atoms with Crippen molar-refractivity contribution >= 4 is 5.91 Å². The number of carbonyl (C=O) groups excluding carboxylic acids is 1. The molecule has 98 valence electrons. The Morgan fingerprint density at radius 2 is 2.06 bits per heavy atom. The summed E-state index contributed by atoms with van der Waals surface area (Å²) in [4.78, 5) is 11.6. The fourth-order valence-corrected chi connectivity index (χ4v) is 2.65. The first-order valence-electron chi connectivity index (χ1n) is 6.88. The highest BCUT2D eigenvalue weighted by Crippen LogP contribution is 2.17. The molecular formula is C13H24N2O2.